The van der Waals surface area contributed by atoms with Gasteiger partial charge in [-0.3, -0.25) is 4.79 Å². The molecule has 1 rings (SSSR count). The van der Waals surface area contributed by atoms with Crippen LogP contribution in [0.3, 0.4) is 0 Å². The van der Waals surface area contributed by atoms with E-state index in [1.165, 1.54) is 19.3 Å². The minimum absolute atomic E-state index is 0.0647. The number of nitrogens with zero attached hydrogens (tertiary/aromatic N) is 1. The number of unbranched alkanes of at least 4 members (excludes halogenated alkanes) is 3. The van der Waals surface area contributed by atoms with Gasteiger partial charge in [-0.25, -0.2) is 0 Å². The summed E-state index contributed by atoms with van der Waals surface area (Å²) < 4.78 is 0. The third-order valence-corrected chi connectivity index (χ3v) is 3.35. The number of carbonyl (C=O) groups excluding carboxylic acids is 1. The first-order chi connectivity index (χ1) is 8.15. The van der Waals surface area contributed by atoms with Crippen molar-refractivity contribution in [2.24, 2.45) is 0 Å². The molecule has 0 radical (unpaired) electrons. The van der Waals surface area contributed by atoms with E-state index in [2.05, 4.69) is 31.0 Å². The van der Waals surface area contributed by atoms with Crippen LogP contribution in [-0.4, -0.2) is 36.0 Å². The number of rotatable bonds is 7. The molecule has 1 heterocycles. The van der Waals surface area contributed by atoms with E-state index in [1.54, 1.807) is 0 Å². The van der Waals surface area contributed by atoms with Crippen molar-refractivity contribution in [1.29, 1.82) is 0 Å². The number of hydrogen-bond acceptors (Lipinski definition) is 2. The van der Waals surface area contributed by atoms with Crippen LogP contribution in [0.4, 0.5) is 0 Å². The molecule has 0 aromatic carbocycles. The molecule has 17 heavy (non-hydrogen) atoms. The van der Waals surface area contributed by atoms with Crippen molar-refractivity contribution in [1.82, 2.24) is 10.2 Å². The lowest BCUT2D eigenvalue weighted by Gasteiger charge is -2.33. The molecule has 1 unspecified atom stereocenters. The predicted octanol–water partition coefficient (Wildman–Crippen LogP) is 2.56. The maximum Gasteiger partial charge on any atom is 0.239 e. The lowest BCUT2D eigenvalue weighted by atomic mass is 10.0. The third-order valence-electron chi connectivity index (χ3n) is 3.35. The van der Waals surface area contributed by atoms with Gasteiger partial charge in [0.25, 0.3) is 0 Å². The van der Waals surface area contributed by atoms with Crippen molar-refractivity contribution >= 4 is 5.91 Å². The van der Waals surface area contributed by atoms with E-state index in [1.807, 2.05) is 0 Å². The fraction of sp³-hybridized carbons (Fsp3) is 0.929. The molecule has 1 aliphatic rings. The smallest absolute Gasteiger partial charge is 0.239 e. The van der Waals surface area contributed by atoms with Gasteiger partial charge < -0.3 is 10.2 Å². The van der Waals surface area contributed by atoms with E-state index in [0.29, 0.717) is 11.9 Å². The van der Waals surface area contributed by atoms with E-state index < -0.39 is 0 Å². The summed E-state index contributed by atoms with van der Waals surface area (Å²) in [6, 6.07) is 0.457. The summed E-state index contributed by atoms with van der Waals surface area (Å²) >= 11 is 0. The maximum atomic E-state index is 12.2. The summed E-state index contributed by atoms with van der Waals surface area (Å²) in [5, 5.41) is 3.37. The standard InChI is InChI=1S/C14H28N2O/c1-4-5-6-7-10-16-11-8-9-13(14(16)17)15-12(2)3/h12-13,15H,4-11H2,1-3H3. The van der Waals surface area contributed by atoms with Crippen LogP contribution < -0.4 is 5.32 Å². The summed E-state index contributed by atoms with van der Waals surface area (Å²) in [7, 11) is 0. The van der Waals surface area contributed by atoms with Crippen LogP contribution in [0, 0.1) is 0 Å². The molecule has 3 nitrogen and oxygen atoms in total. The first kappa shape index (κ1) is 14.5. The molecule has 0 aliphatic carbocycles. The van der Waals surface area contributed by atoms with Crippen LogP contribution in [0.5, 0.6) is 0 Å². The summed E-state index contributed by atoms with van der Waals surface area (Å²) in [6.07, 6.45) is 7.10. The van der Waals surface area contributed by atoms with Gasteiger partial charge in [0, 0.05) is 19.1 Å². The van der Waals surface area contributed by atoms with Crippen LogP contribution in [0.15, 0.2) is 0 Å². The second-order valence-electron chi connectivity index (χ2n) is 5.40. The Bertz CT molecular complexity index is 228. The van der Waals surface area contributed by atoms with Gasteiger partial charge in [0.05, 0.1) is 6.04 Å². The number of likely N-dealkylation sites (tertiary alicyclic amines) is 1. The highest BCUT2D eigenvalue weighted by atomic mass is 16.2. The Balaban J connectivity index is 2.31. The number of nitrogens with one attached hydrogen (secondary N) is 1. The molecule has 0 aromatic rings. The zero-order valence-corrected chi connectivity index (χ0v) is 11.7. The normalized spacial score (nSPS) is 21.3. The first-order valence-electron chi connectivity index (χ1n) is 7.20. The van der Waals surface area contributed by atoms with Gasteiger partial charge in [-0.2, -0.15) is 0 Å². The lowest BCUT2D eigenvalue weighted by molar-refractivity contribution is -0.136. The highest BCUT2D eigenvalue weighted by molar-refractivity contribution is 5.82. The Labute approximate surface area is 106 Å². The lowest BCUT2D eigenvalue weighted by Crippen LogP contribution is -2.52. The Kier molecular flexibility index (Phi) is 6.56. The van der Waals surface area contributed by atoms with E-state index in [0.717, 1.165) is 32.4 Å². The van der Waals surface area contributed by atoms with E-state index in [9.17, 15) is 4.79 Å². The molecule has 3 heteroatoms. The van der Waals surface area contributed by atoms with Crippen LogP contribution in [0.2, 0.25) is 0 Å². The number of carbonyl (C=O) groups is 1. The molecule has 0 saturated carbocycles. The summed E-state index contributed by atoms with van der Waals surface area (Å²) in [4.78, 5) is 14.2. The van der Waals surface area contributed by atoms with Crippen molar-refractivity contribution in [2.45, 2.75) is 71.4 Å². The van der Waals surface area contributed by atoms with Crippen LogP contribution in [0.25, 0.3) is 0 Å². The number of hydrogen-bond donors (Lipinski definition) is 1. The van der Waals surface area contributed by atoms with Gasteiger partial charge in [0.15, 0.2) is 0 Å². The highest BCUT2D eigenvalue weighted by Crippen LogP contribution is 2.13. The van der Waals surface area contributed by atoms with Crippen molar-refractivity contribution < 1.29 is 4.79 Å². The molecular weight excluding hydrogens is 212 g/mol. The third kappa shape index (κ3) is 5.07. The maximum absolute atomic E-state index is 12.2. The molecule has 1 fully saturated rings. The SMILES string of the molecule is CCCCCCN1CCCC(NC(C)C)C1=O. The van der Waals surface area contributed by atoms with Crippen LogP contribution in [0.1, 0.15) is 59.3 Å². The molecule has 0 aromatic heterocycles. The van der Waals surface area contributed by atoms with E-state index >= 15 is 0 Å². The molecule has 1 atom stereocenters. The average molecular weight is 240 g/mol. The number of piperidine rings is 1. The second-order valence-corrected chi connectivity index (χ2v) is 5.40. The molecule has 0 spiro atoms. The van der Waals surface area contributed by atoms with Gasteiger partial charge in [-0.1, -0.05) is 40.0 Å². The van der Waals surface area contributed by atoms with Gasteiger partial charge in [0.2, 0.25) is 5.91 Å². The summed E-state index contributed by atoms with van der Waals surface area (Å²) in [5.41, 5.74) is 0. The number of amides is 1. The molecule has 100 valence electrons. The van der Waals surface area contributed by atoms with Crippen molar-refractivity contribution in [3.8, 4) is 0 Å². The fourth-order valence-corrected chi connectivity index (χ4v) is 2.45. The Morgan fingerprint density at radius 3 is 2.76 bits per heavy atom. The van der Waals surface area contributed by atoms with Crippen molar-refractivity contribution in [2.75, 3.05) is 13.1 Å². The highest BCUT2D eigenvalue weighted by Gasteiger charge is 2.28. The molecule has 1 saturated heterocycles. The Morgan fingerprint density at radius 1 is 1.35 bits per heavy atom. The largest absolute Gasteiger partial charge is 0.341 e. The molecule has 1 N–H and O–H groups in total. The van der Waals surface area contributed by atoms with E-state index in [-0.39, 0.29) is 6.04 Å². The predicted molar refractivity (Wildman–Crippen MR) is 72.0 cm³/mol. The van der Waals surface area contributed by atoms with Crippen LogP contribution >= 0.6 is 0 Å². The fourth-order valence-electron chi connectivity index (χ4n) is 2.45. The zero-order chi connectivity index (χ0) is 12.7. The second kappa shape index (κ2) is 7.70. The molecular formula is C14H28N2O. The minimum Gasteiger partial charge on any atom is -0.341 e. The first-order valence-corrected chi connectivity index (χ1v) is 7.20. The Hall–Kier alpha value is -0.570. The quantitative estimate of drug-likeness (QED) is 0.694. The van der Waals surface area contributed by atoms with Crippen molar-refractivity contribution in [3.63, 3.8) is 0 Å². The van der Waals surface area contributed by atoms with Crippen molar-refractivity contribution in [3.05, 3.63) is 0 Å². The topological polar surface area (TPSA) is 32.3 Å². The molecule has 1 amide bonds. The van der Waals surface area contributed by atoms with Crippen LogP contribution in [-0.2, 0) is 4.79 Å². The monoisotopic (exact) mass is 240 g/mol. The summed E-state index contributed by atoms with van der Waals surface area (Å²) in [5.74, 6) is 0.321. The summed E-state index contributed by atoms with van der Waals surface area (Å²) in [6.45, 7) is 8.34. The van der Waals surface area contributed by atoms with Gasteiger partial charge in [-0.15, -0.1) is 0 Å². The zero-order valence-electron chi connectivity index (χ0n) is 11.7. The Morgan fingerprint density at radius 2 is 2.12 bits per heavy atom. The molecule has 1 aliphatic heterocycles. The van der Waals surface area contributed by atoms with Gasteiger partial charge in [0.1, 0.15) is 0 Å². The molecule has 0 bridgehead atoms. The van der Waals surface area contributed by atoms with E-state index in [4.69, 9.17) is 0 Å². The van der Waals surface area contributed by atoms with Gasteiger partial charge in [-0.05, 0) is 19.3 Å². The minimum atomic E-state index is 0.0647. The average Bonchev–Trinajstić information content (AvgIpc) is 2.28. The van der Waals surface area contributed by atoms with Gasteiger partial charge >= 0.3 is 0 Å².